The van der Waals surface area contributed by atoms with Crippen LogP contribution >= 0.6 is 67.8 Å². The lowest BCUT2D eigenvalue weighted by molar-refractivity contribution is -0.152. The Morgan fingerprint density at radius 1 is 0.551 bits per heavy atom. The van der Waals surface area contributed by atoms with Gasteiger partial charge in [0.2, 0.25) is 0 Å². The van der Waals surface area contributed by atoms with Crippen LogP contribution in [0.4, 0.5) is 0 Å². The zero-order valence-electron chi connectivity index (χ0n) is 42.5. The van der Waals surface area contributed by atoms with Gasteiger partial charge in [0.15, 0.2) is 18.9 Å². The van der Waals surface area contributed by atoms with Crippen LogP contribution in [-0.4, -0.2) is 77.9 Å². The van der Waals surface area contributed by atoms with E-state index in [1.165, 1.54) is 0 Å². The van der Waals surface area contributed by atoms with E-state index in [1.54, 1.807) is 67.2 Å². The Morgan fingerprint density at radius 2 is 0.942 bits per heavy atom. The van der Waals surface area contributed by atoms with Gasteiger partial charge in [-0.3, -0.25) is 0 Å². The Morgan fingerprint density at radius 3 is 1.35 bits per heavy atom. The molecule has 3 rings (SSSR count). The normalized spacial score (nSPS) is 12.4. The number of hydrogen-bond donors (Lipinski definition) is 0. The van der Waals surface area contributed by atoms with Crippen LogP contribution in [0, 0.1) is 10.7 Å². The molecule has 0 bridgehead atoms. The van der Waals surface area contributed by atoms with Crippen molar-refractivity contribution in [3.05, 3.63) is 100 Å². The van der Waals surface area contributed by atoms with Gasteiger partial charge in [0.05, 0.1) is 32.0 Å². The molecule has 3 aromatic rings. The molecule has 0 aliphatic rings. The number of carbonyl (C=O) groups excluding carboxylic acids is 3. The van der Waals surface area contributed by atoms with E-state index in [0.717, 1.165) is 27.4 Å². The van der Waals surface area contributed by atoms with Crippen molar-refractivity contribution >= 4 is 85.7 Å². The van der Waals surface area contributed by atoms with Crippen LogP contribution in [0.5, 0.6) is 34.5 Å². The van der Waals surface area contributed by atoms with E-state index in [0.29, 0.717) is 71.0 Å². The van der Waals surface area contributed by atoms with Gasteiger partial charge in [-0.15, -0.1) is 0 Å². The van der Waals surface area contributed by atoms with Crippen molar-refractivity contribution in [1.29, 1.82) is 0 Å². The average molecular weight is 1300 g/mol. The number of benzene rings is 3. The Bertz CT molecular complexity index is 2210. The van der Waals surface area contributed by atoms with Gasteiger partial charge >= 0.3 is 17.9 Å². The average Bonchev–Trinajstić information content (AvgIpc) is 3.27. The maximum absolute atomic E-state index is 11.9. The van der Waals surface area contributed by atoms with Gasteiger partial charge in [0, 0.05) is 71.4 Å². The number of rotatable bonds is 24. The van der Waals surface area contributed by atoms with Crippen LogP contribution in [0.25, 0.3) is 0 Å². The molecule has 0 saturated carbocycles. The second kappa shape index (κ2) is 31.5. The monoisotopic (exact) mass is 1300 g/mol. The summed E-state index contributed by atoms with van der Waals surface area (Å²) in [5, 5.41) is 0. The third-order valence-corrected chi connectivity index (χ3v) is 11.6. The summed E-state index contributed by atoms with van der Waals surface area (Å²) in [6, 6.07) is 10.9. The van der Waals surface area contributed by atoms with Gasteiger partial charge in [0.1, 0.15) is 52.8 Å². The topological polar surface area (TPSA) is 162 Å². The molecule has 0 saturated heterocycles. The third kappa shape index (κ3) is 21.6. The van der Waals surface area contributed by atoms with Crippen molar-refractivity contribution in [1.82, 2.24) is 0 Å². The molecule has 0 radical (unpaired) electrons. The van der Waals surface area contributed by atoms with Gasteiger partial charge in [-0.05, 0) is 169 Å². The molecular formula is C51H69I3O15. The van der Waals surface area contributed by atoms with E-state index in [-0.39, 0.29) is 25.5 Å². The highest BCUT2D eigenvalue weighted by Crippen LogP contribution is 2.40. The summed E-state index contributed by atoms with van der Waals surface area (Å²) < 4.78 is 68.3. The van der Waals surface area contributed by atoms with Gasteiger partial charge in [0.25, 0.3) is 0 Å². The molecule has 15 nitrogen and oxygen atoms in total. The van der Waals surface area contributed by atoms with E-state index in [1.807, 2.05) is 73.6 Å². The summed E-state index contributed by atoms with van der Waals surface area (Å²) in [4.78, 5) is 35.1. The maximum atomic E-state index is 11.9. The number of hydrogen-bond acceptors (Lipinski definition) is 15. The molecule has 4 atom stereocenters. The Labute approximate surface area is 449 Å². The quantitative estimate of drug-likeness (QED) is 0.0274. The van der Waals surface area contributed by atoms with E-state index in [4.69, 9.17) is 56.8 Å². The van der Waals surface area contributed by atoms with Gasteiger partial charge < -0.3 is 56.8 Å². The minimum absolute atomic E-state index is 0.117. The highest BCUT2D eigenvalue weighted by molar-refractivity contribution is 14.1. The lowest BCUT2D eigenvalue weighted by atomic mass is 9.96. The maximum Gasteiger partial charge on any atom is 0.333 e. The molecule has 384 valence electrons. The van der Waals surface area contributed by atoms with Gasteiger partial charge in [-0.25, -0.2) is 14.4 Å². The molecule has 0 heterocycles. The van der Waals surface area contributed by atoms with Gasteiger partial charge in [-0.1, -0.05) is 19.7 Å². The minimum atomic E-state index is -0.870. The third-order valence-electron chi connectivity index (χ3n) is 9.08. The lowest BCUT2D eigenvalue weighted by Gasteiger charge is -2.28. The van der Waals surface area contributed by atoms with Crippen molar-refractivity contribution in [3.63, 3.8) is 0 Å². The summed E-state index contributed by atoms with van der Waals surface area (Å²) in [5.74, 6) is 2.43. The predicted octanol–water partition coefficient (Wildman–Crippen LogP) is 12.3. The van der Waals surface area contributed by atoms with Crippen LogP contribution in [0.2, 0.25) is 0 Å². The van der Waals surface area contributed by atoms with E-state index in [9.17, 15) is 14.4 Å². The fourth-order valence-corrected chi connectivity index (χ4v) is 7.55. The van der Waals surface area contributed by atoms with Crippen LogP contribution in [0.3, 0.4) is 0 Å². The molecule has 18 heteroatoms. The molecular weight excluding hydrogens is 1230 g/mol. The van der Waals surface area contributed by atoms with Crippen molar-refractivity contribution < 1.29 is 71.2 Å². The van der Waals surface area contributed by atoms with Crippen LogP contribution in [0.15, 0.2) is 72.9 Å². The zero-order valence-corrected chi connectivity index (χ0v) is 49.0. The van der Waals surface area contributed by atoms with E-state index in [2.05, 4.69) is 87.5 Å². The molecule has 0 N–H and O–H groups in total. The molecule has 0 aromatic heterocycles. The fraction of sp³-hybridized carbons (Fsp3) is 0.471. The number of carbonyl (C=O) groups is 3. The highest BCUT2D eigenvalue weighted by Gasteiger charge is 2.31. The lowest BCUT2D eigenvalue weighted by Crippen LogP contribution is -2.27. The molecule has 0 fully saturated rings. The molecule has 0 spiro atoms. The summed E-state index contributed by atoms with van der Waals surface area (Å²) >= 11 is 6.50. The number of esters is 3. The standard InChI is InChI=1S/C18H25IO5.C17H23IO5.C16H21IO5/c1-8-22-12(4)23-16-10-15(21-7)13(9-14(16)19)18(5,6)24-17(20)11(2)3;1-7-21-12(5)23-16-9-15(20-6)13(8-14(16)18)11(4)22-17(19)10(2)3;1-6-20-11(4)22-15-8-14(19-5)12(7-13(15)17)9-21-16(18)10(2)3/h9-10,12H,2,8H2,1,3-7H3;8-9,11-12H,2,7H2,1,3-6H3;7-8,11H,2,6,9H2,1,3-5H3. The van der Waals surface area contributed by atoms with Crippen molar-refractivity contribution in [3.8, 4) is 34.5 Å². The molecule has 3 aromatic carbocycles. The molecule has 4 unspecified atom stereocenters. The number of methoxy groups -OCH3 is 3. The minimum Gasteiger partial charge on any atom is -0.496 e. The van der Waals surface area contributed by atoms with Crippen molar-refractivity contribution in [2.45, 2.75) is 120 Å². The highest BCUT2D eigenvalue weighted by atomic mass is 127. The summed E-state index contributed by atoms with van der Waals surface area (Å²) in [6.45, 7) is 34.0. The molecule has 0 amide bonds. The summed E-state index contributed by atoms with van der Waals surface area (Å²) in [7, 11) is 4.69. The largest absolute Gasteiger partial charge is 0.496 e. The van der Waals surface area contributed by atoms with Crippen molar-refractivity contribution in [2.75, 3.05) is 41.2 Å². The second-order valence-electron chi connectivity index (χ2n) is 15.4. The second-order valence-corrected chi connectivity index (χ2v) is 18.9. The summed E-state index contributed by atoms with van der Waals surface area (Å²) in [5.41, 5.74) is 2.48. The molecule has 0 aliphatic heterocycles. The predicted molar refractivity (Wildman–Crippen MR) is 290 cm³/mol. The Hall–Kier alpha value is -3.84. The first-order valence-electron chi connectivity index (χ1n) is 21.8. The molecule has 0 aliphatic carbocycles. The van der Waals surface area contributed by atoms with Crippen LogP contribution in [-0.2, 0) is 55.0 Å². The summed E-state index contributed by atoms with van der Waals surface area (Å²) in [6.07, 6.45) is -1.53. The van der Waals surface area contributed by atoms with Gasteiger partial charge in [-0.2, -0.15) is 0 Å². The smallest absolute Gasteiger partial charge is 0.333 e. The first kappa shape index (κ1) is 63.2. The first-order chi connectivity index (χ1) is 32.3. The zero-order chi connectivity index (χ0) is 52.8. The SMILES string of the molecule is C=C(C)C(=O)OC(C)(C)c1cc(I)c(OC(C)OCC)cc1OC.C=C(C)C(=O)OC(C)c1cc(I)c(OC(C)OCC)cc1OC.C=C(C)C(=O)OCc1cc(I)c(OC(C)OCC)cc1OC. The van der Waals surface area contributed by atoms with Crippen molar-refractivity contribution in [2.24, 2.45) is 0 Å². The van der Waals surface area contributed by atoms with Crippen LogP contribution < -0.4 is 28.4 Å². The fourth-order valence-electron chi connectivity index (χ4n) is 5.68. The number of halogens is 3. The van der Waals surface area contributed by atoms with Crippen LogP contribution in [0.1, 0.15) is 106 Å². The van der Waals surface area contributed by atoms with E-state index < -0.39 is 29.6 Å². The van der Waals surface area contributed by atoms with E-state index >= 15 is 0 Å². The number of ether oxygens (including phenoxy) is 12. The molecule has 69 heavy (non-hydrogen) atoms. The Balaban J connectivity index is 0.000000518. The first-order valence-corrected chi connectivity index (χ1v) is 25.1. The Kier molecular flexibility index (Phi) is 28.8.